The van der Waals surface area contributed by atoms with Crippen LogP contribution in [0.4, 0.5) is 5.82 Å². The number of hydrogen-bond donors (Lipinski definition) is 1. The van der Waals surface area contributed by atoms with Crippen molar-refractivity contribution in [2.45, 2.75) is 45.1 Å². The molecule has 1 fully saturated rings. The molecule has 1 aliphatic rings. The van der Waals surface area contributed by atoms with E-state index in [2.05, 4.69) is 23.3 Å². The lowest BCUT2D eigenvalue weighted by Crippen LogP contribution is -2.28. The van der Waals surface area contributed by atoms with Crippen LogP contribution in [0.3, 0.4) is 0 Å². The van der Waals surface area contributed by atoms with Gasteiger partial charge in [0.1, 0.15) is 11.9 Å². The molecule has 1 atom stereocenters. The molecule has 3 heteroatoms. The van der Waals surface area contributed by atoms with Crippen LogP contribution in [0.1, 0.15) is 44.6 Å². The summed E-state index contributed by atoms with van der Waals surface area (Å²) in [4.78, 5) is 4.25. The molecule has 1 aliphatic carbocycles. The molecule has 3 nitrogen and oxygen atoms in total. The first-order valence-corrected chi connectivity index (χ1v) is 6.42. The van der Waals surface area contributed by atoms with Crippen molar-refractivity contribution in [3.8, 4) is 6.07 Å². The third-order valence-electron chi connectivity index (χ3n) is 3.63. The predicted molar refractivity (Wildman–Crippen MR) is 68.6 cm³/mol. The molecule has 2 rings (SSSR count). The van der Waals surface area contributed by atoms with E-state index in [0.29, 0.717) is 11.6 Å². The molecule has 0 aliphatic heterocycles. The number of hydrogen-bond acceptors (Lipinski definition) is 3. The van der Waals surface area contributed by atoms with Gasteiger partial charge in [-0.2, -0.15) is 5.26 Å². The molecule has 0 bridgehead atoms. The number of nitrogens with zero attached hydrogens (tertiary/aromatic N) is 2. The normalized spacial score (nSPS) is 18.4. The number of pyridine rings is 1. The van der Waals surface area contributed by atoms with Crippen molar-refractivity contribution in [3.63, 3.8) is 0 Å². The topological polar surface area (TPSA) is 48.7 Å². The molecule has 1 N–H and O–H groups in total. The summed E-state index contributed by atoms with van der Waals surface area (Å²) in [5.41, 5.74) is 0.612. The molecule has 0 radical (unpaired) electrons. The van der Waals surface area contributed by atoms with Crippen LogP contribution in [0.15, 0.2) is 18.3 Å². The van der Waals surface area contributed by atoms with E-state index in [4.69, 9.17) is 5.26 Å². The van der Waals surface area contributed by atoms with Crippen molar-refractivity contribution in [1.29, 1.82) is 5.26 Å². The second kappa shape index (κ2) is 5.67. The third-order valence-corrected chi connectivity index (χ3v) is 3.63. The van der Waals surface area contributed by atoms with Crippen molar-refractivity contribution in [2.75, 3.05) is 5.32 Å². The molecular weight excluding hydrogens is 210 g/mol. The van der Waals surface area contributed by atoms with Gasteiger partial charge in [0.2, 0.25) is 0 Å². The van der Waals surface area contributed by atoms with Gasteiger partial charge < -0.3 is 5.32 Å². The average Bonchev–Trinajstić information content (AvgIpc) is 2.40. The number of nitrogens with one attached hydrogen (secondary N) is 1. The first kappa shape index (κ1) is 11.9. The second-order valence-corrected chi connectivity index (χ2v) is 4.88. The summed E-state index contributed by atoms with van der Waals surface area (Å²) >= 11 is 0. The van der Waals surface area contributed by atoms with Gasteiger partial charge in [0.25, 0.3) is 0 Å². The van der Waals surface area contributed by atoms with Crippen molar-refractivity contribution in [3.05, 3.63) is 23.9 Å². The molecular formula is C14H19N3. The molecule has 0 aromatic carbocycles. The first-order chi connectivity index (χ1) is 8.29. The van der Waals surface area contributed by atoms with Gasteiger partial charge >= 0.3 is 0 Å². The average molecular weight is 229 g/mol. The zero-order valence-electron chi connectivity index (χ0n) is 10.3. The zero-order valence-corrected chi connectivity index (χ0v) is 10.3. The van der Waals surface area contributed by atoms with E-state index in [-0.39, 0.29) is 0 Å². The smallest absolute Gasteiger partial charge is 0.126 e. The number of aromatic nitrogens is 1. The van der Waals surface area contributed by atoms with E-state index < -0.39 is 0 Å². The van der Waals surface area contributed by atoms with Crippen LogP contribution in [0, 0.1) is 17.2 Å². The number of anilines is 1. The number of rotatable bonds is 3. The predicted octanol–water partition coefficient (Wildman–Crippen LogP) is 3.33. The maximum Gasteiger partial charge on any atom is 0.126 e. The van der Waals surface area contributed by atoms with Crippen LogP contribution in [-0.2, 0) is 0 Å². The highest BCUT2D eigenvalue weighted by Gasteiger charge is 2.19. The van der Waals surface area contributed by atoms with Gasteiger partial charge in [-0.05, 0) is 37.8 Å². The minimum absolute atomic E-state index is 0.468. The Labute approximate surface area is 103 Å². The van der Waals surface area contributed by atoms with Gasteiger partial charge in [-0.3, -0.25) is 0 Å². The summed E-state index contributed by atoms with van der Waals surface area (Å²) in [5.74, 6) is 1.64. The highest BCUT2D eigenvalue weighted by Crippen LogP contribution is 2.27. The molecule has 1 heterocycles. The molecule has 0 amide bonds. The number of nitriles is 1. The standard InChI is InChI=1S/C14H19N3/c1-11(13-5-3-2-4-6-13)17-14-8-7-12(9-15)10-16-14/h7-8,10-11,13H,2-6H2,1H3,(H,16,17). The lowest BCUT2D eigenvalue weighted by Gasteiger charge is -2.28. The fraction of sp³-hybridized carbons (Fsp3) is 0.571. The van der Waals surface area contributed by atoms with Crippen molar-refractivity contribution in [2.24, 2.45) is 5.92 Å². The van der Waals surface area contributed by atoms with E-state index in [1.807, 2.05) is 12.1 Å². The Hall–Kier alpha value is -1.56. The van der Waals surface area contributed by atoms with Crippen molar-refractivity contribution in [1.82, 2.24) is 4.98 Å². The molecule has 0 spiro atoms. The summed E-state index contributed by atoms with van der Waals surface area (Å²) in [6.45, 7) is 2.23. The first-order valence-electron chi connectivity index (χ1n) is 6.42. The summed E-state index contributed by atoms with van der Waals surface area (Å²) in [6, 6.07) is 6.24. The quantitative estimate of drug-likeness (QED) is 0.864. The van der Waals surface area contributed by atoms with Gasteiger partial charge in [-0.1, -0.05) is 19.3 Å². The Bertz CT molecular complexity index is 385. The molecule has 1 unspecified atom stereocenters. The second-order valence-electron chi connectivity index (χ2n) is 4.88. The van der Waals surface area contributed by atoms with E-state index in [9.17, 15) is 0 Å². The molecule has 0 saturated heterocycles. The highest BCUT2D eigenvalue weighted by molar-refractivity contribution is 5.39. The Morgan fingerprint density at radius 2 is 2.12 bits per heavy atom. The Morgan fingerprint density at radius 3 is 2.71 bits per heavy atom. The molecule has 1 aromatic rings. The van der Waals surface area contributed by atoms with E-state index in [0.717, 1.165) is 11.7 Å². The fourth-order valence-corrected chi connectivity index (χ4v) is 2.53. The van der Waals surface area contributed by atoms with Crippen molar-refractivity contribution < 1.29 is 0 Å². The van der Waals surface area contributed by atoms with E-state index >= 15 is 0 Å². The van der Waals surface area contributed by atoms with Gasteiger partial charge in [0.05, 0.1) is 5.56 Å². The summed E-state index contributed by atoms with van der Waals surface area (Å²) < 4.78 is 0. The summed E-state index contributed by atoms with van der Waals surface area (Å²) in [6.07, 6.45) is 8.37. The van der Waals surface area contributed by atoms with Crippen molar-refractivity contribution >= 4 is 5.82 Å². The Kier molecular flexibility index (Phi) is 3.98. The summed E-state index contributed by atoms with van der Waals surface area (Å²) in [5, 5.41) is 12.1. The Balaban J connectivity index is 1.92. The van der Waals surface area contributed by atoms with Crippen LogP contribution in [0.2, 0.25) is 0 Å². The lowest BCUT2D eigenvalue weighted by molar-refractivity contribution is 0.328. The van der Waals surface area contributed by atoms with Crippen LogP contribution < -0.4 is 5.32 Å². The van der Waals surface area contributed by atoms with Gasteiger partial charge in [-0.15, -0.1) is 0 Å². The largest absolute Gasteiger partial charge is 0.367 e. The minimum Gasteiger partial charge on any atom is -0.367 e. The van der Waals surface area contributed by atoms with E-state index in [1.54, 1.807) is 6.20 Å². The van der Waals surface area contributed by atoms with Crippen LogP contribution in [0.5, 0.6) is 0 Å². The summed E-state index contributed by atoms with van der Waals surface area (Å²) in [7, 11) is 0. The SMILES string of the molecule is CC(Nc1ccc(C#N)cn1)C1CCCCC1. The maximum atomic E-state index is 8.70. The maximum absolute atomic E-state index is 8.70. The zero-order chi connectivity index (χ0) is 12.1. The van der Waals surface area contributed by atoms with Gasteiger partial charge in [-0.25, -0.2) is 4.98 Å². The lowest BCUT2D eigenvalue weighted by atomic mass is 9.84. The molecule has 1 saturated carbocycles. The Morgan fingerprint density at radius 1 is 1.35 bits per heavy atom. The molecule has 90 valence electrons. The highest BCUT2D eigenvalue weighted by atomic mass is 15.0. The third kappa shape index (κ3) is 3.20. The van der Waals surface area contributed by atoms with Gasteiger partial charge in [0, 0.05) is 12.2 Å². The van der Waals surface area contributed by atoms with Crippen LogP contribution >= 0.6 is 0 Å². The molecule has 17 heavy (non-hydrogen) atoms. The van der Waals surface area contributed by atoms with Crippen LogP contribution in [0.25, 0.3) is 0 Å². The fourth-order valence-electron chi connectivity index (χ4n) is 2.53. The van der Waals surface area contributed by atoms with Crippen LogP contribution in [-0.4, -0.2) is 11.0 Å². The van der Waals surface area contributed by atoms with E-state index in [1.165, 1.54) is 32.1 Å². The van der Waals surface area contributed by atoms with Gasteiger partial charge in [0.15, 0.2) is 0 Å². The monoisotopic (exact) mass is 229 g/mol. The molecule has 1 aromatic heterocycles. The minimum atomic E-state index is 0.468.